The Morgan fingerprint density at radius 2 is 0.532 bits per heavy atom. The van der Waals surface area contributed by atoms with Gasteiger partial charge in [-0.25, -0.2) is 0 Å². The van der Waals surface area contributed by atoms with Crippen LogP contribution in [0, 0.1) is 5.92 Å². The second kappa shape index (κ2) is 50.4. The maximum Gasteiger partial charge on any atom is 0.306 e. The van der Waals surface area contributed by atoms with Crippen molar-refractivity contribution in [1.29, 1.82) is 0 Å². The minimum Gasteiger partial charge on any atom is -0.462 e. The van der Waals surface area contributed by atoms with Crippen LogP contribution in [0.25, 0.3) is 0 Å². The number of carbonyl (C=O) groups is 3. The molecule has 0 unspecified atom stereocenters. The van der Waals surface area contributed by atoms with Crippen LogP contribution in [0.1, 0.15) is 317 Å². The first-order valence-corrected chi connectivity index (χ1v) is 27.9. The molecule has 62 heavy (non-hydrogen) atoms. The van der Waals surface area contributed by atoms with Crippen molar-refractivity contribution in [3.8, 4) is 0 Å². The third kappa shape index (κ3) is 49.4. The summed E-state index contributed by atoms with van der Waals surface area (Å²) < 4.78 is 16.9. The van der Waals surface area contributed by atoms with E-state index >= 15 is 0 Å². The topological polar surface area (TPSA) is 78.9 Å². The molecule has 0 heterocycles. The number of hydrogen-bond donors (Lipinski definition) is 0. The molecule has 0 bridgehead atoms. The van der Waals surface area contributed by atoms with Crippen molar-refractivity contribution < 1.29 is 28.6 Å². The SMILES string of the molecule is CCCCCCCCCCCCCCCCC(=O)OC[C@H](COC(=O)CCCCCCCCCCCCCCCCC(C)C)OC(=O)CCCCCCCCCCCCCCC. The summed E-state index contributed by atoms with van der Waals surface area (Å²) in [5, 5.41) is 0. The highest BCUT2D eigenvalue weighted by atomic mass is 16.6. The van der Waals surface area contributed by atoms with Crippen molar-refractivity contribution in [3.63, 3.8) is 0 Å². The van der Waals surface area contributed by atoms with Crippen molar-refractivity contribution in [3.05, 3.63) is 0 Å². The predicted octanol–water partition coefficient (Wildman–Crippen LogP) is 18.2. The summed E-state index contributed by atoms with van der Waals surface area (Å²) in [6.45, 7) is 9.06. The van der Waals surface area contributed by atoms with Gasteiger partial charge in [-0.3, -0.25) is 14.4 Å². The molecule has 0 aromatic heterocycles. The highest BCUT2D eigenvalue weighted by Gasteiger charge is 2.19. The zero-order chi connectivity index (χ0) is 45.2. The predicted molar refractivity (Wildman–Crippen MR) is 266 cm³/mol. The highest BCUT2D eigenvalue weighted by Crippen LogP contribution is 2.18. The fraction of sp³-hybridized carbons (Fsp3) is 0.946. The largest absolute Gasteiger partial charge is 0.462 e. The summed E-state index contributed by atoms with van der Waals surface area (Å²) in [7, 11) is 0. The van der Waals surface area contributed by atoms with Gasteiger partial charge in [0.1, 0.15) is 13.2 Å². The van der Waals surface area contributed by atoms with Gasteiger partial charge >= 0.3 is 17.9 Å². The molecule has 0 aliphatic heterocycles. The van der Waals surface area contributed by atoms with E-state index in [0.29, 0.717) is 19.3 Å². The van der Waals surface area contributed by atoms with Gasteiger partial charge in [0, 0.05) is 19.3 Å². The van der Waals surface area contributed by atoms with Gasteiger partial charge in [-0.05, 0) is 25.2 Å². The van der Waals surface area contributed by atoms with E-state index in [9.17, 15) is 14.4 Å². The minimum atomic E-state index is -0.761. The third-order valence-corrected chi connectivity index (χ3v) is 12.8. The van der Waals surface area contributed by atoms with Gasteiger partial charge in [-0.2, -0.15) is 0 Å². The quantitative estimate of drug-likeness (QED) is 0.0344. The van der Waals surface area contributed by atoms with Gasteiger partial charge < -0.3 is 14.2 Å². The average molecular weight is 877 g/mol. The monoisotopic (exact) mass is 877 g/mol. The van der Waals surface area contributed by atoms with E-state index in [4.69, 9.17) is 14.2 Å². The lowest BCUT2D eigenvalue weighted by Gasteiger charge is -2.18. The number of esters is 3. The molecule has 0 aromatic carbocycles. The molecule has 0 N–H and O–H groups in total. The summed E-state index contributed by atoms with van der Waals surface area (Å²) in [5.74, 6) is 0.00724. The number of ether oxygens (including phenoxy) is 3. The van der Waals surface area contributed by atoms with Crippen LogP contribution in [0.15, 0.2) is 0 Å². The minimum absolute atomic E-state index is 0.0620. The molecule has 0 saturated carbocycles. The first-order valence-electron chi connectivity index (χ1n) is 27.9. The zero-order valence-corrected chi connectivity index (χ0v) is 42.3. The molecule has 0 aliphatic rings. The van der Waals surface area contributed by atoms with Gasteiger partial charge in [0.25, 0.3) is 0 Å². The second-order valence-corrected chi connectivity index (χ2v) is 19.7. The molecular weight excluding hydrogens is 769 g/mol. The summed E-state index contributed by atoms with van der Waals surface area (Å²) in [6, 6.07) is 0. The van der Waals surface area contributed by atoms with E-state index in [-0.39, 0.29) is 31.1 Å². The highest BCUT2D eigenvalue weighted by molar-refractivity contribution is 5.71. The molecule has 0 amide bonds. The van der Waals surface area contributed by atoms with E-state index in [1.165, 1.54) is 212 Å². The molecule has 0 aliphatic carbocycles. The van der Waals surface area contributed by atoms with Gasteiger partial charge in [0.2, 0.25) is 0 Å². The maximum absolute atomic E-state index is 12.8. The van der Waals surface area contributed by atoms with Crippen LogP contribution < -0.4 is 0 Å². The Morgan fingerprint density at radius 1 is 0.306 bits per heavy atom. The van der Waals surface area contributed by atoms with Crippen LogP contribution >= 0.6 is 0 Å². The van der Waals surface area contributed by atoms with E-state index in [1.54, 1.807) is 0 Å². The summed E-state index contributed by atoms with van der Waals surface area (Å²) in [5.41, 5.74) is 0. The Hall–Kier alpha value is -1.59. The molecule has 0 rings (SSSR count). The van der Waals surface area contributed by atoms with Crippen LogP contribution in [0.3, 0.4) is 0 Å². The number of unbranched alkanes of at least 4 members (excludes halogenated alkanes) is 38. The lowest BCUT2D eigenvalue weighted by molar-refractivity contribution is -0.167. The summed E-state index contributed by atoms with van der Waals surface area (Å²) in [4.78, 5) is 38.0. The third-order valence-electron chi connectivity index (χ3n) is 12.8. The second-order valence-electron chi connectivity index (χ2n) is 19.7. The molecule has 0 fully saturated rings. The molecule has 0 saturated heterocycles. The molecule has 368 valence electrons. The standard InChI is InChI=1S/C56H108O6/c1-5-7-9-11-13-15-17-19-24-27-31-35-39-43-47-54(57)60-50-53(62-56(59)49-45-41-37-33-29-22-18-16-14-12-10-8-6-2)51-61-55(58)48-44-40-36-32-28-25-21-20-23-26-30-34-38-42-46-52(3)4/h52-53H,5-51H2,1-4H3/t53-/m1/s1. The van der Waals surface area contributed by atoms with Crippen LogP contribution in [0.5, 0.6) is 0 Å². The van der Waals surface area contributed by atoms with Crippen molar-refractivity contribution in [2.75, 3.05) is 13.2 Å². The molecule has 0 radical (unpaired) electrons. The number of carbonyl (C=O) groups excluding carboxylic acids is 3. The van der Waals surface area contributed by atoms with Gasteiger partial charge in [-0.15, -0.1) is 0 Å². The van der Waals surface area contributed by atoms with Gasteiger partial charge in [-0.1, -0.05) is 278 Å². The summed E-state index contributed by atoms with van der Waals surface area (Å²) in [6.07, 6.45) is 53.7. The van der Waals surface area contributed by atoms with Crippen LogP contribution in [-0.4, -0.2) is 37.2 Å². The number of hydrogen-bond acceptors (Lipinski definition) is 6. The lowest BCUT2D eigenvalue weighted by Crippen LogP contribution is -2.30. The Morgan fingerprint density at radius 3 is 0.790 bits per heavy atom. The van der Waals surface area contributed by atoms with Crippen LogP contribution in [-0.2, 0) is 28.6 Å². The Labute approximate surface area is 387 Å². The fourth-order valence-corrected chi connectivity index (χ4v) is 8.57. The van der Waals surface area contributed by atoms with Crippen molar-refractivity contribution in [2.24, 2.45) is 5.92 Å². The molecule has 6 heteroatoms. The number of rotatable bonds is 51. The molecule has 6 nitrogen and oxygen atoms in total. The van der Waals surface area contributed by atoms with Gasteiger partial charge in [0.15, 0.2) is 6.10 Å². The first kappa shape index (κ1) is 60.4. The molecule has 0 spiro atoms. The lowest BCUT2D eigenvalue weighted by atomic mass is 10.0. The van der Waals surface area contributed by atoms with Crippen LogP contribution in [0.4, 0.5) is 0 Å². The molecular formula is C56H108O6. The molecule has 1 atom stereocenters. The maximum atomic E-state index is 12.8. The Balaban J connectivity index is 4.28. The smallest absolute Gasteiger partial charge is 0.306 e. The zero-order valence-electron chi connectivity index (χ0n) is 42.3. The fourth-order valence-electron chi connectivity index (χ4n) is 8.57. The van der Waals surface area contributed by atoms with E-state index < -0.39 is 6.10 Å². The average Bonchev–Trinajstić information content (AvgIpc) is 3.26. The van der Waals surface area contributed by atoms with E-state index in [0.717, 1.165) is 63.7 Å². The van der Waals surface area contributed by atoms with Crippen molar-refractivity contribution in [1.82, 2.24) is 0 Å². The Bertz CT molecular complexity index is 933. The summed E-state index contributed by atoms with van der Waals surface area (Å²) >= 11 is 0. The first-order chi connectivity index (χ1) is 30.4. The van der Waals surface area contributed by atoms with Gasteiger partial charge in [0.05, 0.1) is 0 Å². The van der Waals surface area contributed by atoms with Crippen LogP contribution in [0.2, 0.25) is 0 Å². The van der Waals surface area contributed by atoms with E-state index in [2.05, 4.69) is 27.7 Å². The van der Waals surface area contributed by atoms with Crippen molar-refractivity contribution in [2.45, 2.75) is 323 Å². The Kier molecular flexibility index (Phi) is 49.1. The molecule has 0 aromatic rings. The van der Waals surface area contributed by atoms with Crippen molar-refractivity contribution >= 4 is 17.9 Å². The normalized spacial score (nSPS) is 12.0. The van der Waals surface area contributed by atoms with E-state index in [1.807, 2.05) is 0 Å².